The van der Waals surface area contributed by atoms with Crippen molar-refractivity contribution >= 4 is 34.7 Å². The average Bonchev–Trinajstić information content (AvgIpc) is 2.78. The zero-order valence-electron chi connectivity index (χ0n) is 16.6. The second-order valence-corrected chi connectivity index (χ2v) is 6.62. The molecule has 0 aliphatic heterocycles. The summed E-state index contributed by atoms with van der Waals surface area (Å²) >= 11 is 0. The van der Waals surface area contributed by atoms with E-state index >= 15 is 0 Å². The zero-order chi connectivity index (χ0) is 21.6. The molecule has 3 heterocycles. The lowest BCUT2D eigenvalue weighted by atomic mass is 10.2. The van der Waals surface area contributed by atoms with Gasteiger partial charge in [-0.25, -0.2) is 15.0 Å². The SMILES string of the molecule is Cn1cccc(C(=O)Nc2ccc(Nc3cc(Nc4ccccn4)ncn3)cc2)c1=O. The molecule has 0 radical (unpaired) electrons. The van der Waals surface area contributed by atoms with Gasteiger partial charge in [0.05, 0.1) is 0 Å². The minimum Gasteiger partial charge on any atom is -0.340 e. The maximum Gasteiger partial charge on any atom is 0.263 e. The first-order valence-corrected chi connectivity index (χ1v) is 9.43. The maximum atomic E-state index is 12.4. The van der Waals surface area contributed by atoms with Gasteiger partial charge in [-0.2, -0.15) is 0 Å². The standard InChI is InChI=1S/C22H19N7O2/c1-29-12-4-5-17(22(29)31)21(30)27-16-9-7-15(8-10-16)26-19-13-20(25-14-24-19)28-18-6-2-3-11-23-18/h2-14H,1H3,(H,27,30)(H2,23,24,25,26,28). The Kier molecular flexibility index (Phi) is 5.66. The summed E-state index contributed by atoms with van der Waals surface area (Å²) in [7, 11) is 1.60. The van der Waals surface area contributed by atoms with Crippen LogP contribution < -0.4 is 21.5 Å². The quantitative estimate of drug-likeness (QED) is 0.444. The number of hydrogen-bond donors (Lipinski definition) is 3. The van der Waals surface area contributed by atoms with E-state index in [4.69, 9.17) is 0 Å². The third-order valence-corrected chi connectivity index (χ3v) is 4.37. The molecular weight excluding hydrogens is 394 g/mol. The topological polar surface area (TPSA) is 114 Å². The van der Waals surface area contributed by atoms with E-state index in [0.717, 1.165) is 5.69 Å². The Morgan fingerprint density at radius 3 is 2.32 bits per heavy atom. The van der Waals surface area contributed by atoms with E-state index in [1.807, 2.05) is 18.2 Å². The molecule has 0 saturated heterocycles. The largest absolute Gasteiger partial charge is 0.340 e. The molecule has 9 heteroatoms. The van der Waals surface area contributed by atoms with Crippen molar-refractivity contribution in [1.82, 2.24) is 19.5 Å². The average molecular weight is 413 g/mol. The maximum absolute atomic E-state index is 12.4. The number of pyridine rings is 2. The van der Waals surface area contributed by atoms with Crippen LogP contribution in [-0.4, -0.2) is 25.4 Å². The van der Waals surface area contributed by atoms with Gasteiger partial charge >= 0.3 is 0 Å². The van der Waals surface area contributed by atoms with Crippen LogP contribution in [-0.2, 0) is 7.05 Å². The summed E-state index contributed by atoms with van der Waals surface area (Å²) in [5.74, 6) is 1.42. The molecule has 0 bridgehead atoms. The summed E-state index contributed by atoms with van der Waals surface area (Å²) in [6.45, 7) is 0. The number of aromatic nitrogens is 4. The van der Waals surface area contributed by atoms with Gasteiger partial charge in [-0.3, -0.25) is 9.59 Å². The number of carbonyl (C=O) groups is 1. The monoisotopic (exact) mass is 413 g/mol. The van der Waals surface area contributed by atoms with Crippen LogP contribution in [0, 0.1) is 0 Å². The first-order chi connectivity index (χ1) is 15.1. The fraction of sp³-hybridized carbons (Fsp3) is 0.0455. The number of rotatable bonds is 6. The molecule has 4 rings (SSSR count). The highest BCUT2D eigenvalue weighted by molar-refractivity contribution is 6.04. The molecule has 0 unspecified atom stereocenters. The van der Waals surface area contributed by atoms with Gasteiger partial charge in [0.1, 0.15) is 29.3 Å². The van der Waals surface area contributed by atoms with Gasteiger partial charge in [-0.05, 0) is 48.5 Å². The number of aryl methyl sites for hydroxylation is 1. The smallest absolute Gasteiger partial charge is 0.263 e. The minimum absolute atomic E-state index is 0.0844. The van der Waals surface area contributed by atoms with E-state index in [-0.39, 0.29) is 11.1 Å². The number of benzene rings is 1. The zero-order valence-corrected chi connectivity index (χ0v) is 16.6. The molecule has 31 heavy (non-hydrogen) atoms. The van der Waals surface area contributed by atoms with Gasteiger partial charge in [0, 0.05) is 36.9 Å². The van der Waals surface area contributed by atoms with E-state index in [2.05, 4.69) is 30.9 Å². The second-order valence-electron chi connectivity index (χ2n) is 6.62. The lowest BCUT2D eigenvalue weighted by molar-refractivity contribution is 0.102. The van der Waals surface area contributed by atoms with Crippen LogP contribution in [0.2, 0.25) is 0 Å². The number of carbonyl (C=O) groups excluding carboxylic acids is 1. The Bertz CT molecular complexity index is 1250. The first-order valence-electron chi connectivity index (χ1n) is 9.43. The molecule has 3 aromatic heterocycles. The Labute approximate surface area is 177 Å². The summed E-state index contributed by atoms with van der Waals surface area (Å²) < 4.78 is 1.36. The van der Waals surface area contributed by atoms with Crippen molar-refractivity contribution in [3.8, 4) is 0 Å². The highest BCUT2D eigenvalue weighted by Gasteiger charge is 2.11. The van der Waals surface area contributed by atoms with Crippen molar-refractivity contribution < 1.29 is 4.79 Å². The van der Waals surface area contributed by atoms with Crippen molar-refractivity contribution in [3.63, 3.8) is 0 Å². The van der Waals surface area contributed by atoms with Gasteiger partial charge in [0.2, 0.25) is 0 Å². The summed E-state index contributed by atoms with van der Waals surface area (Å²) in [4.78, 5) is 37.1. The van der Waals surface area contributed by atoms with Crippen molar-refractivity contribution in [2.45, 2.75) is 0 Å². The van der Waals surface area contributed by atoms with Crippen LogP contribution in [0.15, 0.2) is 84.2 Å². The van der Waals surface area contributed by atoms with E-state index in [1.165, 1.54) is 17.0 Å². The van der Waals surface area contributed by atoms with E-state index in [0.29, 0.717) is 23.1 Å². The van der Waals surface area contributed by atoms with Gasteiger partial charge < -0.3 is 20.5 Å². The molecule has 9 nitrogen and oxygen atoms in total. The van der Waals surface area contributed by atoms with Gasteiger partial charge in [-0.15, -0.1) is 0 Å². The molecule has 0 atom stereocenters. The summed E-state index contributed by atoms with van der Waals surface area (Å²) in [5.41, 5.74) is 1.08. The second kappa shape index (κ2) is 8.87. The molecular formula is C22H19N7O2. The van der Waals surface area contributed by atoms with E-state index < -0.39 is 5.91 Å². The molecule has 0 fully saturated rings. The van der Waals surface area contributed by atoms with Crippen molar-refractivity contribution in [3.05, 3.63) is 95.3 Å². The highest BCUT2D eigenvalue weighted by Crippen LogP contribution is 2.20. The Hall–Kier alpha value is -4.53. The molecule has 0 spiro atoms. The van der Waals surface area contributed by atoms with Crippen LogP contribution in [0.5, 0.6) is 0 Å². The van der Waals surface area contributed by atoms with Crippen molar-refractivity contribution in [2.24, 2.45) is 7.05 Å². The number of nitrogens with one attached hydrogen (secondary N) is 3. The fourth-order valence-corrected chi connectivity index (χ4v) is 2.82. The molecule has 4 aromatic rings. The van der Waals surface area contributed by atoms with Gasteiger partial charge in [0.25, 0.3) is 11.5 Å². The third kappa shape index (κ3) is 4.91. The molecule has 0 aliphatic rings. The Balaban J connectivity index is 1.42. The first kappa shape index (κ1) is 19.8. The van der Waals surface area contributed by atoms with Crippen LogP contribution >= 0.6 is 0 Å². The van der Waals surface area contributed by atoms with Crippen molar-refractivity contribution in [2.75, 3.05) is 16.0 Å². The van der Waals surface area contributed by atoms with Crippen LogP contribution in [0.1, 0.15) is 10.4 Å². The normalized spacial score (nSPS) is 10.4. The third-order valence-electron chi connectivity index (χ3n) is 4.37. The number of hydrogen-bond acceptors (Lipinski definition) is 7. The summed E-state index contributed by atoms with van der Waals surface area (Å²) in [6.07, 6.45) is 4.74. The lowest BCUT2D eigenvalue weighted by Crippen LogP contribution is -2.26. The summed E-state index contributed by atoms with van der Waals surface area (Å²) in [6, 6.07) is 17.5. The number of anilines is 5. The molecule has 0 aliphatic carbocycles. The summed E-state index contributed by atoms with van der Waals surface area (Å²) in [5, 5.41) is 9.02. The van der Waals surface area contributed by atoms with Gasteiger partial charge in [0.15, 0.2) is 0 Å². The molecule has 1 aromatic carbocycles. The predicted octanol–water partition coefficient (Wildman–Crippen LogP) is 3.31. The predicted molar refractivity (Wildman–Crippen MR) is 119 cm³/mol. The van der Waals surface area contributed by atoms with Crippen LogP contribution in [0.25, 0.3) is 0 Å². The number of nitrogens with zero attached hydrogens (tertiary/aromatic N) is 4. The molecule has 3 N–H and O–H groups in total. The minimum atomic E-state index is -0.456. The molecule has 154 valence electrons. The van der Waals surface area contributed by atoms with E-state index in [9.17, 15) is 9.59 Å². The molecule has 0 saturated carbocycles. The van der Waals surface area contributed by atoms with Gasteiger partial charge in [-0.1, -0.05) is 6.07 Å². The fourth-order valence-electron chi connectivity index (χ4n) is 2.82. The van der Waals surface area contributed by atoms with E-state index in [1.54, 1.807) is 55.8 Å². The molecule has 1 amide bonds. The highest BCUT2D eigenvalue weighted by atomic mass is 16.2. The lowest BCUT2D eigenvalue weighted by Gasteiger charge is -2.10. The van der Waals surface area contributed by atoms with Crippen molar-refractivity contribution in [1.29, 1.82) is 0 Å². The van der Waals surface area contributed by atoms with Crippen LogP contribution in [0.4, 0.5) is 28.8 Å². The number of amides is 1. The Morgan fingerprint density at radius 2 is 1.58 bits per heavy atom. The van der Waals surface area contributed by atoms with Crippen LogP contribution in [0.3, 0.4) is 0 Å². The Morgan fingerprint density at radius 1 is 0.839 bits per heavy atom.